The average Bonchev–Trinajstić information content (AvgIpc) is 3.58. The minimum atomic E-state index is -3.96. The molecule has 5 aromatic rings. The predicted octanol–water partition coefficient (Wildman–Crippen LogP) is 6.44. The maximum Gasteiger partial charge on any atom is 0.241 e. The molecule has 272 valence electrons. The van der Waals surface area contributed by atoms with Crippen molar-refractivity contribution in [1.82, 2.24) is 20.2 Å². The first-order valence-corrected chi connectivity index (χ1v) is 20.3. The van der Waals surface area contributed by atoms with E-state index in [1.54, 1.807) is 35.2 Å². The van der Waals surface area contributed by atoms with Gasteiger partial charge in [0.1, 0.15) is 11.0 Å². The van der Waals surface area contributed by atoms with E-state index in [0.717, 1.165) is 42.7 Å². The standard InChI is InChI=1S/C39H42N4O6S3/c1-25-9-19-33(20-10-25)52(46,47)43-34(21-28-7-5-4-6-8-28)37(45)40-22-29-11-17-32(18-12-29)38-48-35(24-50-39-42-41-27(3)51-39)26(2)36(49-38)31-15-13-30(23-44)14-16-31/h4-20,26,34-36,38,43-44H,21-24H2,1-3H3,(H,40,45)/t26-,34+,35+,36+,38?/m0/s1. The van der Waals surface area contributed by atoms with Crippen LogP contribution in [0.15, 0.2) is 112 Å². The third kappa shape index (κ3) is 9.72. The van der Waals surface area contributed by atoms with E-state index in [1.807, 2.05) is 92.7 Å². The molecule has 0 aliphatic carbocycles. The van der Waals surface area contributed by atoms with Crippen LogP contribution in [0.4, 0.5) is 0 Å². The Hall–Kier alpha value is -3.95. The quantitative estimate of drug-likeness (QED) is 0.109. The van der Waals surface area contributed by atoms with Crippen LogP contribution in [0.3, 0.4) is 0 Å². The summed E-state index contributed by atoms with van der Waals surface area (Å²) in [5.74, 6) is 0.264. The van der Waals surface area contributed by atoms with Gasteiger partial charge in [-0.3, -0.25) is 4.79 Å². The maximum atomic E-state index is 13.5. The van der Waals surface area contributed by atoms with E-state index < -0.39 is 28.3 Å². The van der Waals surface area contributed by atoms with Crippen LogP contribution < -0.4 is 10.0 Å². The van der Waals surface area contributed by atoms with Crippen LogP contribution in [0.2, 0.25) is 0 Å². The lowest BCUT2D eigenvalue weighted by Crippen LogP contribution is -2.47. The second-order valence-electron chi connectivity index (χ2n) is 12.9. The number of aliphatic hydroxyl groups excluding tert-OH is 1. The Kier molecular flexibility index (Phi) is 12.5. The summed E-state index contributed by atoms with van der Waals surface area (Å²) in [5.41, 5.74) is 5.26. The Labute approximate surface area is 313 Å². The number of aliphatic hydroxyl groups is 1. The van der Waals surface area contributed by atoms with Gasteiger partial charge in [0.15, 0.2) is 10.6 Å². The summed E-state index contributed by atoms with van der Waals surface area (Å²) in [6.45, 7) is 6.10. The first kappa shape index (κ1) is 37.8. The maximum absolute atomic E-state index is 13.5. The van der Waals surface area contributed by atoms with Gasteiger partial charge in [0.05, 0.1) is 23.7 Å². The van der Waals surface area contributed by atoms with Gasteiger partial charge < -0.3 is 19.9 Å². The van der Waals surface area contributed by atoms with Crippen LogP contribution in [0.1, 0.15) is 57.7 Å². The molecule has 10 nitrogen and oxygen atoms in total. The van der Waals surface area contributed by atoms with Gasteiger partial charge >= 0.3 is 0 Å². The molecule has 52 heavy (non-hydrogen) atoms. The van der Waals surface area contributed by atoms with E-state index in [2.05, 4.69) is 27.2 Å². The zero-order valence-electron chi connectivity index (χ0n) is 29.1. The van der Waals surface area contributed by atoms with Crippen molar-refractivity contribution in [3.63, 3.8) is 0 Å². The van der Waals surface area contributed by atoms with Gasteiger partial charge in [-0.05, 0) is 54.7 Å². The zero-order chi connectivity index (χ0) is 36.7. The number of thioether (sulfide) groups is 1. The van der Waals surface area contributed by atoms with E-state index in [1.165, 1.54) is 12.1 Å². The Balaban J connectivity index is 1.15. The van der Waals surface area contributed by atoms with Crippen molar-refractivity contribution in [2.45, 2.75) is 74.1 Å². The monoisotopic (exact) mass is 758 g/mol. The highest BCUT2D eigenvalue weighted by Gasteiger charge is 2.38. The van der Waals surface area contributed by atoms with Crippen molar-refractivity contribution < 1.29 is 27.8 Å². The lowest BCUT2D eigenvalue weighted by atomic mass is 9.91. The lowest BCUT2D eigenvalue weighted by Gasteiger charge is -2.41. The molecule has 0 spiro atoms. The number of carbonyl (C=O) groups is 1. The second kappa shape index (κ2) is 17.3. The SMILES string of the molecule is Cc1ccc(S(=O)(=O)N[C@H](Cc2ccccc2)C(=O)NCc2ccc(C3O[C@H](CSc4nnc(C)s4)[C@H](C)[C@H](c4ccc(CO)cc4)O3)cc2)cc1. The fourth-order valence-electron chi connectivity index (χ4n) is 5.92. The van der Waals surface area contributed by atoms with E-state index in [0.29, 0.717) is 5.75 Å². The molecule has 1 aromatic heterocycles. The minimum Gasteiger partial charge on any atom is -0.392 e. The van der Waals surface area contributed by atoms with Crippen LogP contribution in [-0.4, -0.2) is 47.5 Å². The van der Waals surface area contributed by atoms with Crippen LogP contribution in [0.5, 0.6) is 0 Å². The summed E-state index contributed by atoms with van der Waals surface area (Å²) in [7, 11) is -3.96. The highest BCUT2D eigenvalue weighted by Crippen LogP contribution is 2.43. The molecule has 1 unspecified atom stereocenters. The number of aryl methyl sites for hydroxylation is 2. The van der Waals surface area contributed by atoms with Gasteiger partial charge in [0, 0.05) is 23.8 Å². The Morgan fingerprint density at radius 1 is 0.865 bits per heavy atom. The van der Waals surface area contributed by atoms with Crippen LogP contribution >= 0.6 is 23.1 Å². The van der Waals surface area contributed by atoms with Gasteiger partial charge in [-0.1, -0.05) is 127 Å². The number of amides is 1. The second-order valence-corrected chi connectivity index (χ2v) is 17.0. The summed E-state index contributed by atoms with van der Waals surface area (Å²) >= 11 is 3.17. The summed E-state index contributed by atoms with van der Waals surface area (Å²) in [6, 6.07) is 30.3. The van der Waals surface area contributed by atoms with E-state index >= 15 is 0 Å². The molecule has 1 amide bonds. The summed E-state index contributed by atoms with van der Waals surface area (Å²) in [6.07, 6.45) is -0.860. The molecule has 1 fully saturated rings. The third-order valence-corrected chi connectivity index (χ3v) is 12.5. The number of ether oxygens (including phenoxy) is 2. The van der Waals surface area contributed by atoms with E-state index in [9.17, 15) is 18.3 Å². The topological polar surface area (TPSA) is 140 Å². The lowest BCUT2D eigenvalue weighted by molar-refractivity contribution is -0.268. The molecule has 4 aromatic carbocycles. The fraction of sp³-hybridized carbons (Fsp3) is 0.308. The number of hydrogen-bond donors (Lipinski definition) is 3. The molecule has 0 saturated carbocycles. The van der Waals surface area contributed by atoms with Crippen molar-refractivity contribution in [3.05, 3.63) is 142 Å². The summed E-state index contributed by atoms with van der Waals surface area (Å²) < 4.78 is 43.2. The number of nitrogens with zero attached hydrogens (tertiary/aromatic N) is 2. The number of hydrogen-bond acceptors (Lipinski definition) is 10. The van der Waals surface area contributed by atoms with Crippen LogP contribution in [-0.2, 0) is 43.9 Å². The Morgan fingerprint density at radius 2 is 1.54 bits per heavy atom. The summed E-state index contributed by atoms with van der Waals surface area (Å²) in [5, 5.41) is 21.8. The smallest absolute Gasteiger partial charge is 0.241 e. The Morgan fingerprint density at radius 3 is 2.19 bits per heavy atom. The molecular formula is C39H42N4O6S3. The van der Waals surface area contributed by atoms with Crippen molar-refractivity contribution in [1.29, 1.82) is 0 Å². The highest BCUT2D eigenvalue weighted by molar-refractivity contribution is 8.01. The minimum absolute atomic E-state index is 0.0273. The molecule has 5 atom stereocenters. The van der Waals surface area contributed by atoms with E-state index in [-0.39, 0.29) is 42.6 Å². The summed E-state index contributed by atoms with van der Waals surface area (Å²) in [4.78, 5) is 13.6. The number of benzene rings is 4. The van der Waals surface area contributed by atoms with Crippen LogP contribution in [0, 0.1) is 19.8 Å². The molecule has 1 saturated heterocycles. The van der Waals surface area contributed by atoms with E-state index in [4.69, 9.17) is 9.47 Å². The number of nitrogens with one attached hydrogen (secondary N) is 2. The van der Waals surface area contributed by atoms with Gasteiger partial charge in [0.25, 0.3) is 0 Å². The van der Waals surface area contributed by atoms with Crippen molar-refractivity contribution in [3.8, 4) is 0 Å². The first-order valence-electron chi connectivity index (χ1n) is 17.0. The van der Waals surface area contributed by atoms with Crippen LogP contribution in [0.25, 0.3) is 0 Å². The molecule has 6 rings (SSSR count). The number of aromatic nitrogens is 2. The molecule has 1 aliphatic heterocycles. The largest absolute Gasteiger partial charge is 0.392 e. The molecule has 13 heteroatoms. The molecule has 2 heterocycles. The average molecular weight is 759 g/mol. The molecule has 0 bridgehead atoms. The molecule has 1 aliphatic rings. The number of rotatable bonds is 14. The molecular weight excluding hydrogens is 717 g/mol. The van der Waals surface area contributed by atoms with Gasteiger partial charge in [-0.25, -0.2) is 8.42 Å². The normalized spacial score (nSPS) is 19.6. The van der Waals surface area contributed by atoms with Crippen molar-refractivity contribution in [2.75, 3.05) is 5.75 Å². The number of sulfonamides is 1. The third-order valence-electron chi connectivity index (χ3n) is 8.95. The number of carbonyl (C=O) groups excluding carboxylic acids is 1. The molecule has 0 radical (unpaired) electrons. The Bertz CT molecular complexity index is 2030. The highest BCUT2D eigenvalue weighted by atomic mass is 32.2. The zero-order valence-corrected chi connectivity index (χ0v) is 31.6. The van der Waals surface area contributed by atoms with Gasteiger partial charge in [0.2, 0.25) is 15.9 Å². The van der Waals surface area contributed by atoms with Gasteiger partial charge in [-0.2, -0.15) is 4.72 Å². The predicted molar refractivity (Wildman–Crippen MR) is 202 cm³/mol. The van der Waals surface area contributed by atoms with Crippen molar-refractivity contribution >= 4 is 39.0 Å². The molecule has 3 N–H and O–H groups in total. The van der Waals surface area contributed by atoms with Crippen molar-refractivity contribution in [2.24, 2.45) is 5.92 Å². The fourth-order valence-corrected chi connectivity index (χ4v) is 9.12. The first-order chi connectivity index (χ1) is 25.1. The van der Waals surface area contributed by atoms with Gasteiger partial charge in [-0.15, -0.1) is 10.2 Å².